The van der Waals surface area contributed by atoms with Crippen LogP contribution in [0.4, 0.5) is 0 Å². The maximum atomic E-state index is 12.6. The number of amides is 2. The van der Waals surface area contributed by atoms with E-state index in [2.05, 4.69) is 15.7 Å². The highest BCUT2D eigenvalue weighted by atomic mass is 16.5. The Hall–Kier alpha value is -3.07. The van der Waals surface area contributed by atoms with Crippen LogP contribution in [0.5, 0.6) is 11.5 Å². The van der Waals surface area contributed by atoms with Gasteiger partial charge in [-0.15, -0.1) is 0 Å². The number of aromatic nitrogens is 2. The standard InChI is InChI=1S/C21H28N4O5/c1-25-12-13(11-23-25)10-22-20(27)14-4-6-16(17(26)8-14)24-21(28)15-5-7-18(29-2)19(9-15)30-3/h5,7,9,11-12,14,16-17,26H,4,6,8,10H2,1-3H3,(H,22,27)(H,24,28). The maximum Gasteiger partial charge on any atom is 0.251 e. The van der Waals surface area contributed by atoms with Gasteiger partial charge in [0.25, 0.3) is 5.91 Å². The molecular formula is C21H28N4O5. The summed E-state index contributed by atoms with van der Waals surface area (Å²) >= 11 is 0. The van der Waals surface area contributed by atoms with Crippen molar-refractivity contribution in [2.75, 3.05) is 14.2 Å². The van der Waals surface area contributed by atoms with Crippen molar-refractivity contribution in [2.45, 2.75) is 38.0 Å². The quantitative estimate of drug-likeness (QED) is 0.621. The lowest BCUT2D eigenvalue weighted by Gasteiger charge is -2.33. The molecule has 3 N–H and O–H groups in total. The van der Waals surface area contributed by atoms with Crippen molar-refractivity contribution in [1.29, 1.82) is 0 Å². The van der Waals surface area contributed by atoms with Gasteiger partial charge < -0.3 is 25.2 Å². The van der Waals surface area contributed by atoms with Gasteiger partial charge in [-0.1, -0.05) is 0 Å². The number of carbonyl (C=O) groups is 2. The molecule has 1 aliphatic carbocycles. The average molecular weight is 416 g/mol. The van der Waals surface area contributed by atoms with Gasteiger partial charge >= 0.3 is 0 Å². The van der Waals surface area contributed by atoms with E-state index in [9.17, 15) is 14.7 Å². The number of methoxy groups -OCH3 is 2. The van der Waals surface area contributed by atoms with Crippen molar-refractivity contribution in [2.24, 2.45) is 13.0 Å². The minimum Gasteiger partial charge on any atom is -0.493 e. The highest BCUT2D eigenvalue weighted by Crippen LogP contribution is 2.28. The van der Waals surface area contributed by atoms with Gasteiger partial charge in [0.05, 0.1) is 32.6 Å². The number of rotatable bonds is 7. The Balaban J connectivity index is 1.52. The molecule has 0 aliphatic heterocycles. The molecule has 0 radical (unpaired) electrons. The lowest BCUT2D eigenvalue weighted by Crippen LogP contribution is -2.49. The number of nitrogens with zero attached hydrogens (tertiary/aromatic N) is 2. The topological polar surface area (TPSA) is 115 Å². The second kappa shape index (κ2) is 9.62. The molecule has 3 rings (SSSR count). The smallest absolute Gasteiger partial charge is 0.251 e. The fourth-order valence-electron chi connectivity index (χ4n) is 3.68. The van der Waals surface area contributed by atoms with Crippen molar-refractivity contribution in [3.05, 3.63) is 41.7 Å². The molecule has 1 fully saturated rings. The largest absolute Gasteiger partial charge is 0.493 e. The number of hydrogen-bond donors (Lipinski definition) is 3. The molecule has 0 spiro atoms. The molecule has 1 saturated carbocycles. The van der Waals surface area contributed by atoms with Gasteiger partial charge in [0.15, 0.2) is 11.5 Å². The van der Waals surface area contributed by atoms with Crippen LogP contribution in [0.2, 0.25) is 0 Å². The van der Waals surface area contributed by atoms with E-state index in [1.165, 1.54) is 14.2 Å². The third kappa shape index (κ3) is 5.10. The molecule has 0 bridgehead atoms. The summed E-state index contributed by atoms with van der Waals surface area (Å²) in [7, 11) is 4.85. The van der Waals surface area contributed by atoms with Gasteiger partial charge in [-0.25, -0.2) is 0 Å². The van der Waals surface area contributed by atoms with Crippen molar-refractivity contribution in [1.82, 2.24) is 20.4 Å². The minimum absolute atomic E-state index is 0.0948. The molecule has 9 heteroatoms. The summed E-state index contributed by atoms with van der Waals surface area (Å²) in [4.78, 5) is 25.0. The second-order valence-electron chi connectivity index (χ2n) is 7.47. The van der Waals surface area contributed by atoms with Crippen LogP contribution in [0, 0.1) is 5.92 Å². The summed E-state index contributed by atoms with van der Waals surface area (Å²) in [6.45, 7) is 0.402. The molecule has 30 heavy (non-hydrogen) atoms. The Morgan fingerprint density at radius 1 is 1.23 bits per heavy atom. The first-order valence-electron chi connectivity index (χ1n) is 9.87. The molecule has 9 nitrogen and oxygen atoms in total. The molecule has 1 heterocycles. The fourth-order valence-corrected chi connectivity index (χ4v) is 3.68. The van der Waals surface area contributed by atoms with E-state index in [-0.39, 0.29) is 17.7 Å². The van der Waals surface area contributed by atoms with Crippen LogP contribution < -0.4 is 20.1 Å². The highest BCUT2D eigenvalue weighted by Gasteiger charge is 2.33. The molecule has 3 unspecified atom stereocenters. The van der Waals surface area contributed by atoms with Crippen LogP contribution >= 0.6 is 0 Å². The zero-order chi connectivity index (χ0) is 21.7. The van der Waals surface area contributed by atoms with Crippen LogP contribution in [0.1, 0.15) is 35.2 Å². The lowest BCUT2D eigenvalue weighted by atomic mass is 9.83. The molecular weight excluding hydrogens is 388 g/mol. The number of carbonyl (C=O) groups excluding carboxylic acids is 2. The normalized spacial score (nSPS) is 21.0. The van der Waals surface area contributed by atoms with Gasteiger partial charge in [-0.05, 0) is 37.5 Å². The van der Waals surface area contributed by atoms with E-state index in [0.29, 0.717) is 42.9 Å². The van der Waals surface area contributed by atoms with E-state index in [1.807, 2.05) is 13.2 Å². The second-order valence-corrected chi connectivity index (χ2v) is 7.47. The lowest BCUT2D eigenvalue weighted by molar-refractivity contribution is -0.127. The number of aryl methyl sites for hydroxylation is 1. The summed E-state index contributed by atoms with van der Waals surface area (Å²) in [5.41, 5.74) is 1.33. The van der Waals surface area contributed by atoms with Gasteiger partial charge in [-0.2, -0.15) is 5.10 Å². The molecule has 1 aromatic heterocycles. The summed E-state index contributed by atoms with van der Waals surface area (Å²) in [5, 5.41) is 20.3. The van der Waals surface area contributed by atoms with Crippen LogP contribution in [0.3, 0.4) is 0 Å². The zero-order valence-corrected chi connectivity index (χ0v) is 17.4. The zero-order valence-electron chi connectivity index (χ0n) is 17.4. The number of aliphatic hydroxyl groups excluding tert-OH is 1. The predicted molar refractivity (Wildman–Crippen MR) is 109 cm³/mol. The molecule has 2 amide bonds. The molecule has 0 saturated heterocycles. The predicted octanol–water partition coefficient (Wildman–Crippen LogP) is 1.01. The van der Waals surface area contributed by atoms with E-state index in [4.69, 9.17) is 9.47 Å². The van der Waals surface area contributed by atoms with Crippen molar-refractivity contribution in [3.8, 4) is 11.5 Å². The number of nitrogens with one attached hydrogen (secondary N) is 2. The first kappa shape index (κ1) is 21.6. The van der Waals surface area contributed by atoms with E-state index < -0.39 is 12.1 Å². The molecule has 2 aromatic rings. The van der Waals surface area contributed by atoms with Gasteiger partial charge in [-0.3, -0.25) is 14.3 Å². The van der Waals surface area contributed by atoms with Crippen LogP contribution in [-0.4, -0.2) is 53.1 Å². The third-order valence-electron chi connectivity index (χ3n) is 5.37. The first-order chi connectivity index (χ1) is 14.4. The van der Waals surface area contributed by atoms with Gasteiger partial charge in [0, 0.05) is 36.8 Å². The molecule has 3 atom stereocenters. The molecule has 1 aromatic carbocycles. The van der Waals surface area contributed by atoms with Gasteiger partial charge in [0.1, 0.15) is 0 Å². The van der Waals surface area contributed by atoms with Crippen molar-refractivity contribution >= 4 is 11.8 Å². The molecule has 1 aliphatic rings. The van der Waals surface area contributed by atoms with E-state index in [0.717, 1.165) is 5.56 Å². The third-order valence-corrected chi connectivity index (χ3v) is 5.37. The Kier molecular flexibility index (Phi) is 6.94. The van der Waals surface area contributed by atoms with Gasteiger partial charge in [0.2, 0.25) is 5.91 Å². The highest BCUT2D eigenvalue weighted by molar-refractivity contribution is 5.95. The summed E-state index contributed by atoms with van der Waals surface area (Å²) in [5.74, 6) is 0.305. The average Bonchev–Trinajstić information content (AvgIpc) is 3.17. The van der Waals surface area contributed by atoms with Crippen molar-refractivity contribution < 1.29 is 24.2 Å². The minimum atomic E-state index is -0.794. The number of aliphatic hydroxyl groups is 1. The maximum absolute atomic E-state index is 12.6. The van der Waals surface area contributed by atoms with Crippen LogP contribution in [0.25, 0.3) is 0 Å². The summed E-state index contributed by atoms with van der Waals surface area (Å²) in [6, 6.07) is 4.49. The summed E-state index contributed by atoms with van der Waals surface area (Å²) < 4.78 is 12.1. The van der Waals surface area contributed by atoms with Crippen molar-refractivity contribution in [3.63, 3.8) is 0 Å². The van der Waals surface area contributed by atoms with E-state index >= 15 is 0 Å². The van der Waals surface area contributed by atoms with E-state index in [1.54, 1.807) is 29.1 Å². The van der Waals surface area contributed by atoms with Crippen LogP contribution in [0.15, 0.2) is 30.6 Å². The monoisotopic (exact) mass is 416 g/mol. The number of hydrogen-bond acceptors (Lipinski definition) is 6. The Labute approximate surface area is 175 Å². The van der Waals surface area contributed by atoms with Crippen LogP contribution in [-0.2, 0) is 18.4 Å². The first-order valence-corrected chi connectivity index (χ1v) is 9.87. The summed E-state index contributed by atoms with van der Waals surface area (Å²) in [6.07, 6.45) is 4.16. The Morgan fingerprint density at radius 3 is 2.63 bits per heavy atom. The SMILES string of the molecule is COc1ccc(C(=O)NC2CCC(C(=O)NCc3cnn(C)c3)CC2O)cc1OC. The number of ether oxygens (including phenoxy) is 2. The fraction of sp³-hybridized carbons (Fsp3) is 0.476. The molecule has 162 valence electrons. The Bertz CT molecular complexity index is 897. The number of benzene rings is 1. The Morgan fingerprint density at radius 2 is 2.00 bits per heavy atom.